The maximum Gasteiger partial charge on any atom is 0.107 e. The zero-order valence-electron chi connectivity index (χ0n) is 14.4. The molecule has 21 heavy (non-hydrogen) atoms. The van der Waals surface area contributed by atoms with E-state index in [1.807, 2.05) is 0 Å². The molecule has 1 fully saturated rings. The first kappa shape index (κ1) is 16.9. The van der Waals surface area contributed by atoms with Gasteiger partial charge < -0.3 is 5.32 Å². The van der Waals surface area contributed by atoms with Gasteiger partial charge in [0, 0.05) is 36.2 Å². The van der Waals surface area contributed by atoms with E-state index in [-0.39, 0.29) is 0 Å². The molecule has 3 unspecified atom stereocenters. The molecule has 2 heterocycles. The van der Waals surface area contributed by atoms with E-state index in [1.54, 1.807) is 11.3 Å². The average Bonchev–Trinajstić information content (AvgIpc) is 2.82. The van der Waals surface area contributed by atoms with E-state index in [2.05, 4.69) is 62.1 Å². The molecule has 0 saturated carbocycles. The lowest BCUT2D eigenvalue weighted by Gasteiger charge is -2.47. The molecule has 0 aliphatic carbocycles. The van der Waals surface area contributed by atoms with Crippen LogP contribution in [0.2, 0.25) is 0 Å². The van der Waals surface area contributed by atoms with Gasteiger partial charge in [0.15, 0.2) is 0 Å². The van der Waals surface area contributed by atoms with Crippen molar-refractivity contribution in [2.24, 2.45) is 11.3 Å². The van der Waals surface area contributed by atoms with Crippen LogP contribution in [-0.4, -0.2) is 35.1 Å². The number of piperazine rings is 1. The lowest BCUT2D eigenvalue weighted by molar-refractivity contribution is 0.0378. The fourth-order valence-corrected chi connectivity index (χ4v) is 3.98. The van der Waals surface area contributed by atoms with Crippen LogP contribution in [0.15, 0.2) is 5.38 Å². The Morgan fingerprint density at radius 3 is 2.71 bits per heavy atom. The number of aromatic nitrogens is 1. The van der Waals surface area contributed by atoms with Crippen molar-refractivity contribution >= 4 is 11.3 Å². The average molecular weight is 310 g/mol. The topological polar surface area (TPSA) is 28.2 Å². The van der Waals surface area contributed by atoms with Gasteiger partial charge in [0.05, 0.1) is 6.54 Å². The molecule has 1 aromatic rings. The summed E-state index contributed by atoms with van der Waals surface area (Å²) in [6.07, 6.45) is 1.24. The molecule has 4 heteroatoms. The highest BCUT2D eigenvalue weighted by molar-refractivity contribution is 7.09. The second kappa shape index (κ2) is 6.76. The zero-order chi connectivity index (χ0) is 15.6. The third-order valence-corrected chi connectivity index (χ3v) is 5.73. The van der Waals surface area contributed by atoms with Crippen LogP contribution in [-0.2, 0) is 6.54 Å². The Labute approximate surface area is 134 Å². The van der Waals surface area contributed by atoms with Crippen molar-refractivity contribution in [3.8, 4) is 0 Å². The Morgan fingerprint density at radius 1 is 1.48 bits per heavy atom. The third kappa shape index (κ3) is 4.27. The predicted octanol–water partition coefficient (Wildman–Crippen LogP) is 3.69. The first-order chi connectivity index (χ1) is 9.81. The number of rotatable bonds is 4. The molecule has 3 nitrogen and oxygen atoms in total. The summed E-state index contributed by atoms with van der Waals surface area (Å²) >= 11 is 1.80. The Kier molecular flexibility index (Phi) is 5.44. The van der Waals surface area contributed by atoms with E-state index in [9.17, 15) is 0 Å². The summed E-state index contributed by atoms with van der Waals surface area (Å²) in [5.74, 6) is 0.728. The fraction of sp³-hybridized carbons (Fsp3) is 0.824. The van der Waals surface area contributed by atoms with Crippen molar-refractivity contribution in [2.45, 2.75) is 66.6 Å². The molecule has 120 valence electrons. The molecular weight excluding hydrogens is 278 g/mol. The molecule has 1 aromatic heterocycles. The second-order valence-corrected chi connectivity index (χ2v) is 8.54. The van der Waals surface area contributed by atoms with Gasteiger partial charge in [-0.15, -0.1) is 11.3 Å². The Balaban J connectivity index is 2.12. The molecule has 1 saturated heterocycles. The van der Waals surface area contributed by atoms with Crippen LogP contribution in [0.4, 0.5) is 0 Å². The highest BCUT2D eigenvalue weighted by Gasteiger charge is 2.36. The van der Waals surface area contributed by atoms with Crippen LogP contribution in [0.3, 0.4) is 0 Å². The normalized spacial score (nSPS) is 26.0. The number of aryl methyl sites for hydroxylation is 1. The van der Waals surface area contributed by atoms with Crippen molar-refractivity contribution in [3.63, 3.8) is 0 Å². The van der Waals surface area contributed by atoms with Gasteiger partial charge in [-0.2, -0.15) is 0 Å². The molecule has 2 rings (SSSR count). The Hall–Kier alpha value is -0.450. The van der Waals surface area contributed by atoms with Gasteiger partial charge in [-0.3, -0.25) is 4.90 Å². The maximum absolute atomic E-state index is 4.67. The largest absolute Gasteiger partial charge is 0.311 e. The summed E-state index contributed by atoms with van der Waals surface area (Å²) in [4.78, 5) is 7.33. The van der Waals surface area contributed by atoms with Crippen molar-refractivity contribution in [1.82, 2.24) is 15.2 Å². The van der Waals surface area contributed by atoms with Crippen LogP contribution in [0, 0.1) is 18.3 Å². The minimum atomic E-state index is 0.291. The number of nitrogens with one attached hydrogen (secondary N) is 1. The minimum absolute atomic E-state index is 0.291. The predicted molar refractivity (Wildman–Crippen MR) is 91.7 cm³/mol. The summed E-state index contributed by atoms with van der Waals surface area (Å²) < 4.78 is 0. The Morgan fingerprint density at radius 2 is 2.19 bits per heavy atom. The van der Waals surface area contributed by atoms with Crippen molar-refractivity contribution in [2.75, 3.05) is 13.1 Å². The van der Waals surface area contributed by atoms with E-state index in [0.29, 0.717) is 17.5 Å². The number of hydrogen-bond acceptors (Lipinski definition) is 4. The maximum atomic E-state index is 4.67. The van der Waals surface area contributed by atoms with Crippen molar-refractivity contribution in [3.05, 3.63) is 16.1 Å². The minimum Gasteiger partial charge on any atom is -0.311 e. The van der Waals surface area contributed by atoms with Gasteiger partial charge in [0.1, 0.15) is 5.01 Å². The van der Waals surface area contributed by atoms with Gasteiger partial charge in [0.2, 0.25) is 0 Å². The van der Waals surface area contributed by atoms with Crippen LogP contribution < -0.4 is 5.32 Å². The highest BCUT2D eigenvalue weighted by Crippen LogP contribution is 2.29. The molecule has 1 aliphatic heterocycles. The van der Waals surface area contributed by atoms with Gasteiger partial charge >= 0.3 is 0 Å². The highest BCUT2D eigenvalue weighted by atomic mass is 32.1. The molecule has 0 amide bonds. The molecular formula is C17H31N3S. The van der Waals surface area contributed by atoms with E-state index in [0.717, 1.165) is 31.2 Å². The van der Waals surface area contributed by atoms with E-state index < -0.39 is 0 Å². The fourth-order valence-electron chi connectivity index (χ4n) is 3.18. The lowest BCUT2D eigenvalue weighted by Crippen LogP contribution is -2.61. The monoisotopic (exact) mass is 309 g/mol. The molecule has 1 N–H and O–H groups in total. The first-order valence-corrected chi connectivity index (χ1v) is 9.07. The standard InChI is InChI=1S/C17H31N3S/c1-7-12(2)14-9-20(10-16-19-13(3)11-21-16)15(8-18-14)17(4,5)6/h11-12,14-15,18H,7-10H2,1-6H3. The van der Waals surface area contributed by atoms with E-state index in [4.69, 9.17) is 0 Å². The molecule has 1 aliphatic rings. The van der Waals surface area contributed by atoms with E-state index in [1.165, 1.54) is 11.4 Å². The van der Waals surface area contributed by atoms with Gasteiger partial charge in [0.25, 0.3) is 0 Å². The first-order valence-electron chi connectivity index (χ1n) is 8.19. The number of thiazole rings is 1. The SMILES string of the molecule is CCC(C)C1CN(Cc2nc(C)cs2)C(C(C)(C)C)CN1. The summed E-state index contributed by atoms with van der Waals surface area (Å²) in [6, 6.07) is 1.18. The quantitative estimate of drug-likeness (QED) is 0.919. The third-order valence-electron chi connectivity index (χ3n) is 4.78. The summed E-state index contributed by atoms with van der Waals surface area (Å²) in [6.45, 7) is 17.0. The molecule has 0 aromatic carbocycles. The molecule has 0 spiro atoms. The van der Waals surface area contributed by atoms with Crippen molar-refractivity contribution in [1.29, 1.82) is 0 Å². The van der Waals surface area contributed by atoms with E-state index >= 15 is 0 Å². The lowest BCUT2D eigenvalue weighted by atomic mass is 9.82. The summed E-state index contributed by atoms with van der Waals surface area (Å²) in [5, 5.41) is 7.21. The summed E-state index contributed by atoms with van der Waals surface area (Å²) in [7, 11) is 0. The smallest absolute Gasteiger partial charge is 0.107 e. The van der Waals surface area contributed by atoms with Gasteiger partial charge in [-0.05, 0) is 18.3 Å². The number of hydrogen-bond donors (Lipinski definition) is 1. The van der Waals surface area contributed by atoms with Crippen LogP contribution in [0.25, 0.3) is 0 Å². The van der Waals surface area contributed by atoms with Crippen molar-refractivity contribution < 1.29 is 0 Å². The van der Waals surface area contributed by atoms with Gasteiger partial charge in [-0.25, -0.2) is 4.98 Å². The van der Waals surface area contributed by atoms with Crippen LogP contribution in [0.1, 0.15) is 51.7 Å². The molecule has 3 atom stereocenters. The second-order valence-electron chi connectivity index (χ2n) is 7.59. The van der Waals surface area contributed by atoms with Crippen LogP contribution in [0.5, 0.6) is 0 Å². The number of nitrogens with zero attached hydrogens (tertiary/aromatic N) is 2. The zero-order valence-corrected chi connectivity index (χ0v) is 15.3. The van der Waals surface area contributed by atoms with Gasteiger partial charge in [-0.1, -0.05) is 41.0 Å². The molecule has 0 bridgehead atoms. The summed E-state index contributed by atoms with van der Waals surface area (Å²) in [5.41, 5.74) is 1.44. The Bertz CT molecular complexity index is 449. The van der Waals surface area contributed by atoms with Crippen LogP contribution >= 0.6 is 11.3 Å². The molecule has 0 radical (unpaired) electrons.